The van der Waals surface area contributed by atoms with Gasteiger partial charge in [0.25, 0.3) is 5.56 Å². The summed E-state index contributed by atoms with van der Waals surface area (Å²) in [5.74, 6) is 0.755. The number of anilines is 1. The first kappa shape index (κ1) is 17.5. The Morgan fingerprint density at radius 1 is 1.22 bits per heavy atom. The van der Waals surface area contributed by atoms with Crippen LogP contribution in [0.1, 0.15) is 11.1 Å². The largest absolute Gasteiger partial charge is 0.334 e. The van der Waals surface area contributed by atoms with Crippen LogP contribution in [-0.4, -0.2) is 52.3 Å². The minimum absolute atomic E-state index is 0.390. The van der Waals surface area contributed by atoms with E-state index in [9.17, 15) is 9.59 Å². The zero-order valence-electron chi connectivity index (χ0n) is 16.0. The number of nitrogens with zero attached hydrogens (tertiary/aromatic N) is 4. The van der Waals surface area contributed by atoms with E-state index < -0.39 is 5.69 Å². The second-order valence-electron chi connectivity index (χ2n) is 7.42. The molecule has 0 aliphatic carbocycles. The number of imidazole rings is 1. The number of hydrogen-bond acceptors (Lipinski definition) is 4. The summed E-state index contributed by atoms with van der Waals surface area (Å²) >= 11 is 0. The summed E-state index contributed by atoms with van der Waals surface area (Å²) < 4.78 is 3.36. The highest BCUT2D eigenvalue weighted by Crippen LogP contribution is 2.21. The molecule has 27 heavy (non-hydrogen) atoms. The molecule has 0 spiro atoms. The van der Waals surface area contributed by atoms with Crippen molar-refractivity contribution in [3.8, 4) is 0 Å². The number of aromatic amines is 1. The molecule has 142 valence electrons. The van der Waals surface area contributed by atoms with Gasteiger partial charge in [-0.25, -0.2) is 4.79 Å². The maximum absolute atomic E-state index is 12.6. The molecule has 0 amide bonds. The lowest BCUT2D eigenvalue weighted by Gasteiger charge is -2.31. The summed E-state index contributed by atoms with van der Waals surface area (Å²) in [4.78, 5) is 35.5. The fraction of sp³-hybridized carbons (Fsp3) is 0.421. The Labute approximate surface area is 156 Å². The molecular formula is C19H25N6O2+. The molecule has 2 N–H and O–H groups in total. The van der Waals surface area contributed by atoms with Crippen LogP contribution >= 0.6 is 0 Å². The monoisotopic (exact) mass is 369 g/mol. The van der Waals surface area contributed by atoms with E-state index in [2.05, 4.69) is 36.0 Å². The number of H-pyrrole nitrogens is 1. The van der Waals surface area contributed by atoms with E-state index >= 15 is 0 Å². The molecule has 0 atom stereocenters. The van der Waals surface area contributed by atoms with Crippen molar-refractivity contribution in [2.45, 2.75) is 13.5 Å². The van der Waals surface area contributed by atoms with E-state index in [1.165, 1.54) is 15.0 Å². The van der Waals surface area contributed by atoms with Crippen LogP contribution in [0.2, 0.25) is 0 Å². The van der Waals surface area contributed by atoms with Gasteiger partial charge < -0.3 is 9.80 Å². The number of hydrogen-bond donors (Lipinski definition) is 2. The van der Waals surface area contributed by atoms with E-state index in [1.807, 2.05) is 16.7 Å². The molecule has 1 aromatic carbocycles. The Kier molecular flexibility index (Phi) is 4.35. The van der Waals surface area contributed by atoms with Crippen molar-refractivity contribution in [1.82, 2.24) is 19.1 Å². The van der Waals surface area contributed by atoms with Gasteiger partial charge in [-0.2, -0.15) is 4.98 Å². The highest BCUT2D eigenvalue weighted by molar-refractivity contribution is 5.74. The van der Waals surface area contributed by atoms with Gasteiger partial charge in [0.2, 0.25) is 5.95 Å². The first-order valence-electron chi connectivity index (χ1n) is 9.25. The van der Waals surface area contributed by atoms with Crippen molar-refractivity contribution < 1.29 is 4.90 Å². The molecule has 0 bridgehead atoms. The van der Waals surface area contributed by atoms with Crippen LogP contribution in [0.3, 0.4) is 0 Å². The quantitative estimate of drug-likeness (QED) is 0.628. The van der Waals surface area contributed by atoms with Crippen LogP contribution < -0.4 is 21.0 Å². The fourth-order valence-electron chi connectivity index (χ4n) is 3.70. The fourth-order valence-corrected chi connectivity index (χ4v) is 3.70. The molecule has 3 aromatic rings. The highest BCUT2D eigenvalue weighted by Gasteiger charge is 2.25. The van der Waals surface area contributed by atoms with Gasteiger partial charge in [0.1, 0.15) is 0 Å². The minimum atomic E-state index is -0.443. The number of benzene rings is 1. The first-order chi connectivity index (χ1) is 12.9. The van der Waals surface area contributed by atoms with Crippen molar-refractivity contribution in [3.63, 3.8) is 0 Å². The summed E-state index contributed by atoms with van der Waals surface area (Å²) in [6.07, 6.45) is 0. The van der Waals surface area contributed by atoms with Gasteiger partial charge in [-0.1, -0.05) is 29.8 Å². The van der Waals surface area contributed by atoms with Crippen LogP contribution in [0.15, 0.2) is 33.9 Å². The molecule has 8 nitrogen and oxygen atoms in total. The van der Waals surface area contributed by atoms with Crippen LogP contribution in [0, 0.1) is 6.92 Å². The third-order valence-electron chi connectivity index (χ3n) is 5.31. The maximum Gasteiger partial charge on any atom is 0.329 e. The number of quaternary nitrogens is 1. The summed E-state index contributed by atoms with van der Waals surface area (Å²) in [5.41, 5.74) is 2.31. The highest BCUT2D eigenvalue weighted by atomic mass is 16.2. The average Bonchev–Trinajstić information content (AvgIpc) is 3.00. The summed E-state index contributed by atoms with van der Waals surface area (Å²) in [6.45, 7) is 6.36. The average molecular weight is 369 g/mol. The summed E-state index contributed by atoms with van der Waals surface area (Å²) in [7, 11) is 3.82. The van der Waals surface area contributed by atoms with Crippen molar-refractivity contribution in [2.24, 2.45) is 7.05 Å². The van der Waals surface area contributed by atoms with Crippen molar-refractivity contribution in [3.05, 3.63) is 56.2 Å². The zero-order valence-corrected chi connectivity index (χ0v) is 16.0. The molecule has 3 heterocycles. The van der Waals surface area contributed by atoms with Crippen LogP contribution in [0.4, 0.5) is 5.95 Å². The lowest BCUT2D eigenvalue weighted by atomic mass is 10.1. The number of rotatable bonds is 3. The Morgan fingerprint density at radius 3 is 2.67 bits per heavy atom. The molecule has 1 saturated heterocycles. The van der Waals surface area contributed by atoms with Crippen LogP contribution in [-0.2, 0) is 13.6 Å². The van der Waals surface area contributed by atoms with E-state index in [-0.39, 0.29) is 5.56 Å². The lowest BCUT2D eigenvalue weighted by Crippen LogP contribution is -3.12. The molecule has 8 heteroatoms. The van der Waals surface area contributed by atoms with Gasteiger partial charge in [-0.15, -0.1) is 0 Å². The van der Waals surface area contributed by atoms with Crippen LogP contribution in [0.25, 0.3) is 11.2 Å². The molecule has 1 aliphatic heterocycles. The van der Waals surface area contributed by atoms with Gasteiger partial charge in [0.05, 0.1) is 39.8 Å². The maximum atomic E-state index is 12.6. The number of likely N-dealkylation sites (N-methyl/N-ethyl adjacent to an activating group) is 1. The summed E-state index contributed by atoms with van der Waals surface area (Å²) in [5, 5.41) is 0. The molecule has 1 aliphatic rings. The minimum Gasteiger partial charge on any atom is -0.334 e. The number of nitrogens with one attached hydrogen (secondary N) is 2. The zero-order chi connectivity index (χ0) is 19.1. The molecule has 1 fully saturated rings. The number of aryl methyl sites for hydroxylation is 2. The van der Waals surface area contributed by atoms with Crippen LogP contribution in [0.5, 0.6) is 0 Å². The van der Waals surface area contributed by atoms with Crippen molar-refractivity contribution in [2.75, 3.05) is 38.1 Å². The predicted molar refractivity (Wildman–Crippen MR) is 105 cm³/mol. The Hall–Kier alpha value is -2.87. The van der Waals surface area contributed by atoms with E-state index in [1.54, 1.807) is 7.05 Å². The van der Waals surface area contributed by atoms with E-state index in [0.29, 0.717) is 17.7 Å². The Balaban J connectivity index is 1.90. The number of piperazine rings is 1. The molecule has 2 aromatic heterocycles. The third kappa shape index (κ3) is 3.16. The second-order valence-corrected chi connectivity index (χ2v) is 7.42. The topological polar surface area (TPSA) is 80.4 Å². The molecule has 0 saturated carbocycles. The van der Waals surface area contributed by atoms with Gasteiger partial charge in [0, 0.05) is 7.05 Å². The molecule has 4 rings (SSSR count). The van der Waals surface area contributed by atoms with Gasteiger partial charge in [0.15, 0.2) is 11.2 Å². The lowest BCUT2D eigenvalue weighted by molar-refractivity contribution is -0.880. The van der Waals surface area contributed by atoms with E-state index in [0.717, 1.165) is 37.7 Å². The van der Waals surface area contributed by atoms with Crippen molar-refractivity contribution in [1.29, 1.82) is 0 Å². The van der Waals surface area contributed by atoms with Crippen molar-refractivity contribution >= 4 is 17.1 Å². The number of fused-ring (bicyclic) bond motifs is 1. The van der Waals surface area contributed by atoms with Gasteiger partial charge in [-0.05, 0) is 12.5 Å². The second kappa shape index (κ2) is 6.70. The Bertz CT molecular complexity index is 1100. The third-order valence-corrected chi connectivity index (χ3v) is 5.31. The SMILES string of the molecule is Cc1cccc(Cn2c(N3CC[NH+](C)CC3)nc3c2c(=O)[nH]c(=O)n3C)c1. The first-order valence-corrected chi connectivity index (χ1v) is 9.25. The van der Waals surface area contributed by atoms with Gasteiger partial charge in [-0.3, -0.25) is 18.9 Å². The molecule has 0 unspecified atom stereocenters. The molecule has 0 radical (unpaired) electrons. The normalized spacial score (nSPS) is 15.6. The van der Waals surface area contributed by atoms with E-state index in [4.69, 9.17) is 4.98 Å². The smallest absolute Gasteiger partial charge is 0.329 e. The standard InChI is InChI=1S/C19H24N6O2/c1-13-5-4-6-14(11-13)12-25-15-16(23(3)19(27)21-17(15)26)20-18(25)24-9-7-22(2)8-10-24/h4-6,11H,7-10,12H2,1-3H3,(H,21,26,27)/p+1. The predicted octanol–water partition coefficient (Wildman–Crippen LogP) is -0.885. The summed E-state index contributed by atoms with van der Waals surface area (Å²) in [6, 6.07) is 8.23. The Morgan fingerprint density at radius 2 is 1.96 bits per heavy atom. The molecular weight excluding hydrogens is 344 g/mol. The van der Waals surface area contributed by atoms with Gasteiger partial charge >= 0.3 is 5.69 Å². The number of aromatic nitrogens is 4.